The summed E-state index contributed by atoms with van der Waals surface area (Å²) in [5.74, 6) is -0.956. The van der Waals surface area contributed by atoms with Gasteiger partial charge in [0.15, 0.2) is 28.7 Å². The third kappa shape index (κ3) is 5.42. The number of nitrogens with zero attached hydrogens (tertiary/aromatic N) is 4. The molecule has 0 saturated carbocycles. The number of carbonyl (C=O) groups is 1. The van der Waals surface area contributed by atoms with E-state index < -0.39 is 17.7 Å². The van der Waals surface area contributed by atoms with Gasteiger partial charge in [0.1, 0.15) is 11.6 Å². The van der Waals surface area contributed by atoms with Gasteiger partial charge in [0.25, 0.3) is 0 Å². The second kappa shape index (κ2) is 9.19. The van der Waals surface area contributed by atoms with Crippen molar-refractivity contribution in [3.05, 3.63) is 59.0 Å². The molecule has 1 aromatic carbocycles. The molecule has 152 valence electrons. The van der Waals surface area contributed by atoms with Crippen molar-refractivity contribution in [2.75, 3.05) is 11.1 Å². The number of hydrogen-bond donors (Lipinski definition) is 1. The number of aromatic nitrogens is 4. The fourth-order valence-corrected chi connectivity index (χ4v) is 3.21. The summed E-state index contributed by atoms with van der Waals surface area (Å²) in [7, 11) is 1.71. The zero-order valence-electron chi connectivity index (χ0n) is 15.4. The number of halogens is 3. The smallest absolute Gasteiger partial charge is 0.236 e. The Hall–Kier alpha value is -2.72. The van der Waals surface area contributed by atoms with Gasteiger partial charge in [-0.2, -0.15) is 0 Å². The van der Waals surface area contributed by atoms with Crippen LogP contribution in [-0.4, -0.2) is 31.4 Å². The maximum atomic E-state index is 13.8. The Bertz CT molecular complexity index is 1020. The second-order valence-corrected chi connectivity index (χ2v) is 7.31. The van der Waals surface area contributed by atoms with Gasteiger partial charge in [0, 0.05) is 19.3 Å². The summed E-state index contributed by atoms with van der Waals surface area (Å²) < 4.78 is 34.0. The molecular weight excluding hydrogens is 424 g/mol. The van der Waals surface area contributed by atoms with E-state index in [1.165, 1.54) is 24.0 Å². The molecule has 0 radical (unpaired) electrons. The van der Waals surface area contributed by atoms with Crippen molar-refractivity contribution in [3.63, 3.8) is 0 Å². The lowest BCUT2D eigenvalue weighted by atomic mass is 10.3. The summed E-state index contributed by atoms with van der Waals surface area (Å²) in [6.45, 7) is 1.67. The van der Waals surface area contributed by atoms with Crippen molar-refractivity contribution < 1.29 is 18.3 Å². The van der Waals surface area contributed by atoms with Crippen LogP contribution in [-0.2, 0) is 11.8 Å². The van der Waals surface area contributed by atoms with Gasteiger partial charge >= 0.3 is 0 Å². The molecule has 0 aliphatic rings. The van der Waals surface area contributed by atoms with E-state index in [1.807, 2.05) is 0 Å². The Morgan fingerprint density at radius 3 is 2.79 bits per heavy atom. The van der Waals surface area contributed by atoms with Crippen LogP contribution in [0, 0.1) is 11.6 Å². The van der Waals surface area contributed by atoms with E-state index in [4.69, 9.17) is 16.3 Å². The molecule has 2 heterocycles. The standard InChI is InChI=1S/C18H16ClF2N5O2S/c1-10(28-14-5-4-12(20)7-13(14)21)17-24-25-18(26(17)2)29-9-16(27)23-15-6-3-11(19)8-22-15/h3-8,10H,9H2,1-2H3,(H,22,23,27). The summed E-state index contributed by atoms with van der Waals surface area (Å²) in [5.41, 5.74) is 0. The molecular formula is C18H16ClF2N5O2S. The minimum absolute atomic E-state index is 0.0815. The van der Waals surface area contributed by atoms with Gasteiger partial charge in [-0.25, -0.2) is 13.8 Å². The van der Waals surface area contributed by atoms with E-state index in [9.17, 15) is 13.6 Å². The van der Waals surface area contributed by atoms with Gasteiger partial charge in [0.05, 0.1) is 10.8 Å². The van der Waals surface area contributed by atoms with E-state index in [-0.39, 0.29) is 17.4 Å². The third-order valence-electron chi connectivity index (χ3n) is 3.76. The lowest BCUT2D eigenvalue weighted by Crippen LogP contribution is -2.15. The lowest BCUT2D eigenvalue weighted by Gasteiger charge is -2.14. The molecule has 3 aromatic rings. The minimum atomic E-state index is -0.805. The van der Waals surface area contributed by atoms with Crippen LogP contribution in [0.3, 0.4) is 0 Å². The minimum Gasteiger partial charge on any atom is -0.480 e. The summed E-state index contributed by atoms with van der Waals surface area (Å²) in [6.07, 6.45) is 0.791. The van der Waals surface area contributed by atoms with Gasteiger partial charge in [-0.15, -0.1) is 10.2 Å². The maximum absolute atomic E-state index is 13.8. The molecule has 1 amide bonds. The largest absolute Gasteiger partial charge is 0.480 e. The van der Waals surface area contributed by atoms with Crippen molar-refractivity contribution >= 4 is 35.1 Å². The highest BCUT2D eigenvalue weighted by Gasteiger charge is 2.19. The van der Waals surface area contributed by atoms with Crippen LogP contribution in [0.25, 0.3) is 0 Å². The first kappa shape index (κ1) is 21.0. The molecule has 1 unspecified atom stereocenters. The van der Waals surface area contributed by atoms with E-state index in [1.54, 1.807) is 30.7 Å². The van der Waals surface area contributed by atoms with Crippen molar-refractivity contribution in [1.29, 1.82) is 0 Å². The lowest BCUT2D eigenvalue weighted by molar-refractivity contribution is -0.113. The van der Waals surface area contributed by atoms with Gasteiger partial charge in [-0.05, 0) is 31.2 Å². The molecule has 0 spiro atoms. The summed E-state index contributed by atoms with van der Waals surface area (Å²) in [4.78, 5) is 16.1. The van der Waals surface area contributed by atoms with Crippen molar-refractivity contribution in [3.8, 4) is 5.75 Å². The number of ether oxygens (including phenoxy) is 1. The molecule has 0 aliphatic heterocycles. The van der Waals surface area contributed by atoms with Crippen LogP contribution in [0.1, 0.15) is 18.9 Å². The Balaban J connectivity index is 1.59. The monoisotopic (exact) mass is 439 g/mol. The van der Waals surface area contributed by atoms with Crippen molar-refractivity contribution in [2.24, 2.45) is 7.05 Å². The molecule has 1 atom stereocenters. The average molecular weight is 440 g/mol. The van der Waals surface area contributed by atoms with E-state index in [0.717, 1.165) is 12.1 Å². The van der Waals surface area contributed by atoms with Gasteiger partial charge in [0.2, 0.25) is 5.91 Å². The highest BCUT2D eigenvalue weighted by molar-refractivity contribution is 7.99. The predicted molar refractivity (Wildman–Crippen MR) is 105 cm³/mol. The topological polar surface area (TPSA) is 81.9 Å². The van der Waals surface area contributed by atoms with Gasteiger partial charge in [-0.1, -0.05) is 23.4 Å². The Morgan fingerprint density at radius 1 is 1.31 bits per heavy atom. The number of amides is 1. The number of carbonyl (C=O) groups excluding carboxylic acids is 1. The SMILES string of the molecule is CC(Oc1ccc(F)cc1F)c1nnc(SCC(=O)Nc2ccc(Cl)cn2)n1C. The number of thioether (sulfide) groups is 1. The first-order chi connectivity index (χ1) is 13.8. The Kier molecular flexibility index (Phi) is 6.65. The zero-order valence-corrected chi connectivity index (χ0v) is 17.0. The first-order valence-electron chi connectivity index (χ1n) is 8.38. The van der Waals surface area contributed by atoms with Gasteiger partial charge < -0.3 is 14.6 Å². The summed E-state index contributed by atoms with van der Waals surface area (Å²) >= 11 is 6.93. The van der Waals surface area contributed by atoms with Crippen molar-refractivity contribution in [1.82, 2.24) is 19.7 Å². The highest BCUT2D eigenvalue weighted by atomic mass is 35.5. The molecule has 0 fully saturated rings. The molecule has 0 bridgehead atoms. The predicted octanol–water partition coefficient (Wildman–Crippen LogP) is 4.01. The van der Waals surface area contributed by atoms with Crippen LogP contribution in [0.15, 0.2) is 41.7 Å². The van der Waals surface area contributed by atoms with Crippen molar-refractivity contribution in [2.45, 2.75) is 18.2 Å². The van der Waals surface area contributed by atoms with Crippen LogP contribution < -0.4 is 10.1 Å². The number of hydrogen-bond acceptors (Lipinski definition) is 6. The maximum Gasteiger partial charge on any atom is 0.236 e. The number of rotatable bonds is 7. The van der Waals surface area contributed by atoms with Crippen LogP contribution >= 0.6 is 23.4 Å². The van der Waals surface area contributed by atoms with E-state index in [2.05, 4.69) is 20.5 Å². The first-order valence-corrected chi connectivity index (χ1v) is 9.75. The van der Waals surface area contributed by atoms with Gasteiger partial charge in [-0.3, -0.25) is 4.79 Å². The molecule has 3 rings (SSSR count). The van der Waals surface area contributed by atoms with E-state index in [0.29, 0.717) is 21.8 Å². The summed E-state index contributed by atoms with van der Waals surface area (Å²) in [6, 6.07) is 6.28. The average Bonchev–Trinajstić information content (AvgIpc) is 3.05. The van der Waals surface area contributed by atoms with E-state index >= 15 is 0 Å². The van der Waals surface area contributed by atoms with Crippen LogP contribution in [0.5, 0.6) is 5.75 Å². The number of benzene rings is 1. The van der Waals surface area contributed by atoms with Crippen LogP contribution in [0.4, 0.5) is 14.6 Å². The fraction of sp³-hybridized carbons (Fsp3) is 0.222. The molecule has 0 saturated heterocycles. The Labute approximate surface area is 174 Å². The molecule has 2 aromatic heterocycles. The molecule has 0 aliphatic carbocycles. The highest BCUT2D eigenvalue weighted by Crippen LogP contribution is 2.26. The molecule has 1 N–H and O–H groups in total. The third-order valence-corrected chi connectivity index (χ3v) is 5.00. The van der Waals surface area contributed by atoms with Crippen LogP contribution in [0.2, 0.25) is 5.02 Å². The Morgan fingerprint density at radius 2 is 2.10 bits per heavy atom. The normalized spacial score (nSPS) is 11.9. The number of pyridine rings is 1. The quantitative estimate of drug-likeness (QED) is 0.560. The molecule has 7 nitrogen and oxygen atoms in total. The zero-order chi connectivity index (χ0) is 21.0. The second-order valence-electron chi connectivity index (χ2n) is 5.93. The number of nitrogens with one attached hydrogen (secondary N) is 1. The fourth-order valence-electron chi connectivity index (χ4n) is 2.38. The molecule has 11 heteroatoms. The summed E-state index contributed by atoms with van der Waals surface area (Å²) in [5, 5.41) is 11.7. The number of anilines is 1. The molecule has 29 heavy (non-hydrogen) atoms.